The molecular formula is C5H9NO2. The van der Waals surface area contributed by atoms with Crippen molar-refractivity contribution in [2.24, 2.45) is 0 Å². The van der Waals surface area contributed by atoms with Crippen molar-refractivity contribution in [1.82, 2.24) is 5.32 Å². The van der Waals surface area contributed by atoms with Crippen LogP contribution in [0.5, 0.6) is 0 Å². The quantitative estimate of drug-likeness (QED) is 0.381. The number of nitrogens with one attached hydrogen (secondary N) is 1. The van der Waals surface area contributed by atoms with Crippen molar-refractivity contribution in [1.29, 1.82) is 0 Å². The summed E-state index contributed by atoms with van der Waals surface area (Å²) in [4.78, 5) is 10.2. The summed E-state index contributed by atoms with van der Waals surface area (Å²) < 4.78 is 0. The third-order valence-electron chi connectivity index (χ3n) is 0.537. The lowest BCUT2D eigenvalue weighted by molar-refractivity contribution is -0.118. The van der Waals surface area contributed by atoms with Crippen LogP contribution < -0.4 is 5.32 Å². The van der Waals surface area contributed by atoms with Gasteiger partial charge in [0.25, 0.3) is 0 Å². The SMILES string of the molecule is C=CC(=O)NC(C)O. The summed E-state index contributed by atoms with van der Waals surface area (Å²) in [6, 6.07) is 0. The van der Waals surface area contributed by atoms with E-state index in [-0.39, 0.29) is 5.91 Å². The van der Waals surface area contributed by atoms with Crippen molar-refractivity contribution in [3.8, 4) is 0 Å². The standard InChI is InChI=1S/C5H9NO2/c1-3-5(8)6-4(2)7/h3-4,7H,1H2,2H3,(H,6,8). The maximum absolute atomic E-state index is 10.2. The van der Waals surface area contributed by atoms with Crippen LogP contribution in [0.2, 0.25) is 0 Å². The maximum atomic E-state index is 10.2. The Kier molecular flexibility index (Phi) is 2.88. The van der Waals surface area contributed by atoms with Gasteiger partial charge in [-0.1, -0.05) is 6.58 Å². The molecule has 0 saturated carbocycles. The highest BCUT2D eigenvalue weighted by molar-refractivity contribution is 5.86. The molecule has 1 unspecified atom stereocenters. The van der Waals surface area contributed by atoms with Gasteiger partial charge < -0.3 is 10.4 Å². The lowest BCUT2D eigenvalue weighted by Gasteiger charge is -2.01. The number of rotatable bonds is 2. The summed E-state index contributed by atoms with van der Waals surface area (Å²) in [6.45, 7) is 4.65. The van der Waals surface area contributed by atoms with E-state index in [0.29, 0.717) is 0 Å². The second-order valence-electron chi connectivity index (χ2n) is 1.39. The molecule has 0 heterocycles. The molecule has 46 valence electrons. The fourth-order valence-corrected chi connectivity index (χ4v) is 0.265. The maximum Gasteiger partial charge on any atom is 0.245 e. The molecule has 0 rings (SSSR count). The minimum Gasteiger partial charge on any atom is -0.374 e. The Morgan fingerprint density at radius 3 is 2.62 bits per heavy atom. The molecule has 0 aliphatic carbocycles. The van der Waals surface area contributed by atoms with Crippen molar-refractivity contribution in [2.75, 3.05) is 0 Å². The molecule has 0 spiro atoms. The highest BCUT2D eigenvalue weighted by atomic mass is 16.3. The van der Waals surface area contributed by atoms with Gasteiger partial charge >= 0.3 is 0 Å². The van der Waals surface area contributed by atoms with E-state index in [9.17, 15) is 4.79 Å². The average molecular weight is 115 g/mol. The molecule has 1 amide bonds. The Morgan fingerprint density at radius 2 is 2.50 bits per heavy atom. The van der Waals surface area contributed by atoms with Gasteiger partial charge in [0.2, 0.25) is 5.91 Å². The molecule has 0 aromatic carbocycles. The van der Waals surface area contributed by atoms with Crippen molar-refractivity contribution in [2.45, 2.75) is 13.2 Å². The Balaban J connectivity index is 3.39. The van der Waals surface area contributed by atoms with E-state index in [1.54, 1.807) is 0 Å². The fourth-order valence-electron chi connectivity index (χ4n) is 0.265. The van der Waals surface area contributed by atoms with Crippen molar-refractivity contribution < 1.29 is 9.90 Å². The normalized spacial score (nSPS) is 12.2. The predicted octanol–water partition coefficient (Wildman–Crippen LogP) is -0.373. The van der Waals surface area contributed by atoms with Crippen molar-refractivity contribution in [3.05, 3.63) is 12.7 Å². The van der Waals surface area contributed by atoms with E-state index in [0.717, 1.165) is 6.08 Å². The number of aliphatic hydroxyl groups excluding tert-OH is 1. The van der Waals surface area contributed by atoms with Gasteiger partial charge in [-0.15, -0.1) is 0 Å². The number of carbonyl (C=O) groups is 1. The highest BCUT2D eigenvalue weighted by Crippen LogP contribution is 1.71. The fraction of sp³-hybridized carbons (Fsp3) is 0.400. The van der Waals surface area contributed by atoms with Crippen LogP contribution in [0.15, 0.2) is 12.7 Å². The number of carbonyl (C=O) groups excluding carboxylic acids is 1. The summed E-state index contributed by atoms with van der Waals surface area (Å²) in [6.07, 6.45) is 0.313. The first-order chi connectivity index (χ1) is 3.66. The van der Waals surface area contributed by atoms with E-state index in [4.69, 9.17) is 5.11 Å². The number of amides is 1. The van der Waals surface area contributed by atoms with E-state index >= 15 is 0 Å². The van der Waals surface area contributed by atoms with Crippen LogP contribution in [0.3, 0.4) is 0 Å². The number of aliphatic hydroxyl groups is 1. The van der Waals surface area contributed by atoms with Crippen LogP contribution in [0.1, 0.15) is 6.92 Å². The highest BCUT2D eigenvalue weighted by Gasteiger charge is 1.95. The van der Waals surface area contributed by atoms with Gasteiger partial charge in [-0.2, -0.15) is 0 Å². The van der Waals surface area contributed by atoms with Gasteiger partial charge in [0, 0.05) is 0 Å². The monoisotopic (exact) mass is 115 g/mol. The van der Waals surface area contributed by atoms with Crippen molar-refractivity contribution >= 4 is 5.91 Å². The molecule has 0 bridgehead atoms. The molecule has 0 aliphatic heterocycles. The first kappa shape index (κ1) is 7.17. The molecule has 3 nitrogen and oxygen atoms in total. The third kappa shape index (κ3) is 3.36. The molecule has 3 heteroatoms. The summed E-state index contributed by atoms with van der Waals surface area (Å²) >= 11 is 0. The van der Waals surface area contributed by atoms with Gasteiger partial charge in [0.05, 0.1) is 0 Å². The Bertz CT molecular complexity index is 98.6. The Hall–Kier alpha value is -0.830. The lowest BCUT2D eigenvalue weighted by atomic mass is 10.5. The summed E-state index contributed by atoms with van der Waals surface area (Å²) in [5.74, 6) is -0.361. The lowest BCUT2D eigenvalue weighted by Crippen LogP contribution is -2.30. The van der Waals surface area contributed by atoms with Crippen LogP contribution >= 0.6 is 0 Å². The molecule has 2 N–H and O–H groups in total. The van der Waals surface area contributed by atoms with E-state index in [2.05, 4.69) is 11.9 Å². The van der Waals surface area contributed by atoms with E-state index in [1.165, 1.54) is 6.92 Å². The smallest absolute Gasteiger partial charge is 0.245 e. The molecule has 1 atom stereocenters. The van der Waals surface area contributed by atoms with E-state index in [1.807, 2.05) is 0 Å². The number of hydrogen-bond donors (Lipinski definition) is 2. The molecule has 0 fully saturated rings. The molecule has 0 aliphatic rings. The molecule has 8 heavy (non-hydrogen) atoms. The Labute approximate surface area is 48.0 Å². The third-order valence-corrected chi connectivity index (χ3v) is 0.537. The summed E-state index contributed by atoms with van der Waals surface area (Å²) in [5, 5.41) is 10.7. The summed E-state index contributed by atoms with van der Waals surface area (Å²) in [5.41, 5.74) is 0. The van der Waals surface area contributed by atoms with Crippen LogP contribution in [-0.4, -0.2) is 17.2 Å². The van der Waals surface area contributed by atoms with Gasteiger partial charge in [-0.3, -0.25) is 4.79 Å². The van der Waals surface area contributed by atoms with Crippen LogP contribution in [0, 0.1) is 0 Å². The van der Waals surface area contributed by atoms with Crippen LogP contribution in [0.4, 0.5) is 0 Å². The predicted molar refractivity (Wildman–Crippen MR) is 30.0 cm³/mol. The zero-order chi connectivity index (χ0) is 6.57. The van der Waals surface area contributed by atoms with Gasteiger partial charge in [-0.05, 0) is 13.0 Å². The van der Waals surface area contributed by atoms with E-state index < -0.39 is 6.23 Å². The minimum absolute atomic E-state index is 0.361. The molecular weight excluding hydrogens is 106 g/mol. The zero-order valence-corrected chi connectivity index (χ0v) is 4.72. The molecule has 0 saturated heterocycles. The second-order valence-corrected chi connectivity index (χ2v) is 1.39. The first-order valence-electron chi connectivity index (χ1n) is 2.28. The number of hydrogen-bond acceptors (Lipinski definition) is 2. The van der Waals surface area contributed by atoms with Crippen LogP contribution in [0.25, 0.3) is 0 Å². The zero-order valence-electron chi connectivity index (χ0n) is 4.72. The van der Waals surface area contributed by atoms with Crippen LogP contribution in [-0.2, 0) is 4.79 Å². The van der Waals surface area contributed by atoms with Gasteiger partial charge in [0.15, 0.2) is 0 Å². The molecule has 0 radical (unpaired) electrons. The molecule has 0 aromatic rings. The first-order valence-corrected chi connectivity index (χ1v) is 2.28. The van der Waals surface area contributed by atoms with Crippen molar-refractivity contribution in [3.63, 3.8) is 0 Å². The Morgan fingerprint density at radius 1 is 2.00 bits per heavy atom. The largest absolute Gasteiger partial charge is 0.374 e. The molecule has 0 aromatic heterocycles. The topological polar surface area (TPSA) is 49.3 Å². The minimum atomic E-state index is -0.791. The summed E-state index contributed by atoms with van der Waals surface area (Å²) in [7, 11) is 0. The second kappa shape index (κ2) is 3.21. The van der Waals surface area contributed by atoms with Gasteiger partial charge in [0.1, 0.15) is 6.23 Å². The van der Waals surface area contributed by atoms with Gasteiger partial charge in [-0.25, -0.2) is 0 Å². The average Bonchev–Trinajstić information content (AvgIpc) is 1.65.